The highest BCUT2D eigenvalue weighted by molar-refractivity contribution is 5.88. The van der Waals surface area contributed by atoms with Gasteiger partial charge in [0.15, 0.2) is 6.10 Å². The van der Waals surface area contributed by atoms with E-state index in [2.05, 4.69) is 4.98 Å². The van der Waals surface area contributed by atoms with Gasteiger partial charge < -0.3 is 9.84 Å². The van der Waals surface area contributed by atoms with Crippen molar-refractivity contribution >= 4 is 16.9 Å². The number of carboxylic acids is 1. The quantitative estimate of drug-likeness (QED) is 0.908. The Bertz CT molecular complexity index is 612. The van der Waals surface area contributed by atoms with E-state index in [1.54, 1.807) is 13.0 Å². The number of halogens is 1. The molecule has 18 heavy (non-hydrogen) atoms. The van der Waals surface area contributed by atoms with Gasteiger partial charge in [0.2, 0.25) is 0 Å². The number of aromatic nitrogens is 1. The molecule has 1 aromatic heterocycles. The van der Waals surface area contributed by atoms with E-state index in [1.165, 1.54) is 25.3 Å². The number of pyridine rings is 1. The Morgan fingerprint density at radius 3 is 2.83 bits per heavy atom. The molecule has 1 N–H and O–H groups in total. The first-order valence-electron chi connectivity index (χ1n) is 5.44. The topological polar surface area (TPSA) is 59.4 Å². The first-order chi connectivity index (χ1) is 8.50. The molecule has 0 fully saturated rings. The highest BCUT2D eigenvalue weighted by Crippen LogP contribution is 2.29. The van der Waals surface area contributed by atoms with Crippen LogP contribution < -0.4 is 4.74 Å². The molecule has 1 atom stereocenters. The van der Waals surface area contributed by atoms with Gasteiger partial charge in [-0.2, -0.15) is 0 Å². The molecule has 4 nitrogen and oxygen atoms in total. The van der Waals surface area contributed by atoms with Gasteiger partial charge in [-0.3, -0.25) is 4.98 Å². The molecule has 1 heterocycles. The fourth-order valence-corrected chi connectivity index (χ4v) is 1.67. The summed E-state index contributed by atoms with van der Waals surface area (Å²) in [5.41, 5.74) is 1.28. The monoisotopic (exact) mass is 249 g/mol. The maximum atomic E-state index is 13.8. The number of rotatable bonds is 3. The normalized spacial score (nSPS) is 12.4. The van der Waals surface area contributed by atoms with Crippen LogP contribution in [0.4, 0.5) is 4.39 Å². The van der Waals surface area contributed by atoms with Crippen LogP contribution in [0, 0.1) is 12.7 Å². The van der Waals surface area contributed by atoms with Crippen molar-refractivity contribution in [2.24, 2.45) is 0 Å². The Balaban J connectivity index is 2.58. The van der Waals surface area contributed by atoms with Gasteiger partial charge in [-0.05, 0) is 31.5 Å². The number of aliphatic carboxylic acids is 1. The van der Waals surface area contributed by atoms with Crippen LogP contribution in [0.5, 0.6) is 5.75 Å². The van der Waals surface area contributed by atoms with Crippen LogP contribution in [0.3, 0.4) is 0 Å². The lowest BCUT2D eigenvalue weighted by Crippen LogP contribution is -2.23. The van der Waals surface area contributed by atoms with Crippen molar-refractivity contribution < 1.29 is 19.0 Å². The van der Waals surface area contributed by atoms with E-state index in [1.807, 2.05) is 0 Å². The molecule has 0 bridgehead atoms. The summed E-state index contributed by atoms with van der Waals surface area (Å²) in [6.45, 7) is 3.20. The van der Waals surface area contributed by atoms with Crippen LogP contribution in [-0.2, 0) is 4.79 Å². The first kappa shape index (κ1) is 12.3. The molecular formula is C13H12FNO3. The zero-order valence-electron chi connectivity index (χ0n) is 9.98. The van der Waals surface area contributed by atoms with Gasteiger partial charge in [-0.25, -0.2) is 9.18 Å². The molecule has 5 heteroatoms. The minimum absolute atomic E-state index is 0.191. The predicted octanol–water partition coefficient (Wildman–Crippen LogP) is 2.53. The van der Waals surface area contributed by atoms with Gasteiger partial charge in [0.25, 0.3) is 0 Å². The number of nitrogens with zero attached hydrogens (tertiary/aromatic N) is 1. The maximum Gasteiger partial charge on any atom is 0.344 e. The minimum atomic E-state index is -1.10. The third-order valence-electron chi connectivity index (χ3n) is 2.66. The SMILES string of the molecule is Cc1ccc(F)c2c(OC(C)C(=O)O)ccnc12. The largest absolute Gasteiger partial charge is 0.479 e. The lowest BCUT2D eigenvalue weighted by atomic mass is 10.1. The smallest absolute Gasteiger partial charge is 0.344 e. The Labute approximate surface area is 103 Å². The van der Waals surface area contributed by atoms with Crippen molar-refractivity contribution in [2.75, 3.05) is 0 Å². The molecule has 2 rings (SSSR count). The van der Waals surface area contributed by atoms with Crippen molar-refractivity contribution in [1.29, 1.82) is 0 Å². The van der Waals surface area contributed by atoms with Crippen LogP contribution in [0.25, 0.3) is 10.9 Å². The fourth-order valence-electron chi connectivity index (χ4n) is 1.67. The molecule has 2 aromatic rings. The third-order valence-corrected chi connectivity index (χ3v) is 2.66. The lowest BCUT2D eigenvalue weighted by Gasteiger charge is -2.13. The van der Waals surface area contributed by atoms with E-state index in [9.17, 15) is 9.18 Å². The van der Waals surface area contributed by atoms with Gasteiger partial charge in [-0.15, -0.1) is 0 Å². The lowest BCUT2D eigenvalue weighted by molar-refractivity contribution is -0.144. The van der Waals surface area contributed by atoms with Gasteiger partial charge in [0, 0.05) is 6.20 Å². The molecule has 1 unspecified atom stereocenters. The number of hydrogen-bond donors (Lipinski definition) is 1. The van der Waals surface area contributed by atoms with Crippen LogP contribution in [0.2, 0.25) is 0 Å². The van der Waals surface area contributed by atoms with Crippen molar-refractivity contribution in [3.63, 3.8) is 0 Å². The number of carbonyl (C=O) groups is 1. The van der Waals surface area contributed by atoms with E-state index in [4.69, 9.17) is 9.84 Å². The van der Waals surface area contributed by atoms with Crippen molar-refractivity contribution in [2.45, 2.75) is 20.0 Å². The van der Waals surface area contributed by atoms with E-state index >= 15 is 0 Å². The second-order valence-corrected chi connectivity index (χ2v) is 4.00. The zero-order chi connectivity index (χ0) is 13.3. The summed E-state index contributed by atoms with van der Waals surface area (Å²) < 4.78 is 19.1. The Morgan fingerprint density at radius 2 is 2.17 bits per heavy atom. The minimum Gasteiger partial charge on any atom is -0.479 e. The van der Waals surface area contributed by atoms with Crippen LogP contribution in [-0.4, -0.2) is 22.2 Å². The van der Waals surface area contributed by atoms with E-state index in [0.717, 1.165) is 5.56 Å². The molecule has 0 aliphatic rings. The molecule has 0 amide bonds. The summed E-state index contributed by atoms with van der Waals surface area (Å²) in [6.07, 6.45) is 0.425. The molecule has 0 aliphatic heterocycles. The third kappa shape index (κ3) is 2.11. The summed E-state index contributed by atoms with van der Waals surface area (Å²) in [5.74, 6) is -1.39. The Kier molecular flexibility index (Phi) is 3.14. The van der Waals surface area contributed by atoms with E-state index in [0.29, 0.717) is 5.52 Å². The Morgan fingerprint density at radius 1 is 1.44 bits per heavy atom. The van der Waals surface area contributed by atoms with Gasteiger partial charge in [-0.1, -0.05) is 6.07 Å². The maximum absolute atomic E-state index is 13.8. The number of benzene rings is 1. The predicted molar refractivity (Wildman–Crippen MR) is 64.2 cm³/mol. The zero-order valence-corrected chi connectivity index (χ0v) is 9.98. The highest BCUT2D eigenvalue weighted by Gasteiger charge is 2.16. The van der Waals surface area contributed by atoms with E-state index < -0.39 is 17.9 Å². The number of aryl methyl sites for hydroxylation is 1. The highest BCUT2D eigenvalue weighted by atomic mass is 19.1. The standard InChI is InChI=1S/C13H12FNO3/c1-7-3-4-9(14)11-10(5-6-15-12(7)11)18-8(2)13(16)17/h3-6,8H,1-2H3,(H,16,17). The van der Waals surface area contributed by atoms with Crippen molar-refractivity contribution in [1.82, 2.24) is 4.98 Å². The molecule has 94 valence electrons. The van der Waals surface area contributed by atoms with Gasteiger partial charge in [0.05, 0.1) is 10.9 Å². The molecule has 0 aliphatic carbocycles. The second-order valence-electron chi connectivity index (χ2n) is 4.00. The summed E-state index contributed by atoms with van der Waals surface area (Å²) in [4.78, 5) is 14.8. The summed E-state index contributed by atoms with van der Waals surface area (Å²) in [7, 11) is 0. The molecule has 0 radical (unpaired) electrons. The Hall–Kier alpha value is -2.17. The molecule has 0 saturated heterocycles. The molecule has 0 saturated carbocycles. The molecule has 1 aromatic carbocycles. The van der Waals surface area contributed by atoms with Crippen molar-refractivity contribution in [3.05, 3.63) is 35.8 Å². The number of ether oxygens (including phenoxy) is 1. The van der Waals surface area contributed by atoms with Crippen molar-refractivity contribution in [3.8, 4) is 5.75 Å². The van der Waals surface area contributed by atoms with E-state index in [-0.39, 0.29) is 11.1 Å². The average molecular weight is 249 g/mol. The summed E-state index contributed by atoms with van der Waals surface area (Å²) in [6, 6.07) is 4.40. The van der Waals surface area contributed by atoms with Crippen LogP contribution in [0.1, 0.15) is 12.5 Å². The summed E-state index contributed by atoms with van der Waals surface area (Å²) >= 11 is 0. The number of fused-ring (bicyclic) bond motifs is 1. The van der Waals surface area contributed by atoms with Gasteiger partial charge >= 0.3 is 5.97 Å². The second kappa shape index (κ2) is 4.60. The molecule has 0 spiro atoms. The average Bonchev–Trinajstić information content (AvgIpc) is 2.34. The number of carboxylic acid groups (broad SMARTS) is 1. The fraction of sp³-hybridized carbons (Fsp3) is 0.231. The number of hydrogen-bond acceptors (Lipinski definition) is 3. The first-order valence-corrected chi connectivity index (χ1v) is 5.44. The molecular weight excluding hydrogens is 237 g/mol. The summed E-state index contributed by atoms with van der Waals surface area (Å²) in [5, 5.41) is 9.02. The van der Waals surface area contributed by atoms with Crippen LogP contribution in [0.15, 0.2) is 24.4 Å². The van der Waals surface area contributed by atoms with Crippen LogP contribution >= 0.6 is 0 Å². The van der Waals surface area contributed by atoms with Gasteiger partial charge in [0.1, 0.15) is 11.6 Å².